The molecule has 0 aliphatic rings. The minimum atomic E-state index is -1.66. The normalized spacial score (nSPS) is 6.17. The van der Waals surface area contributed by atoms with Gasteiger partial charge in [-0.3, -0.25) is 0 Å². The SMILES string of the molecule is O=[13C]([O-])[13CH2]F.[Na+]. The van der Waals surface area contributed by atoms with Crippen molar-refractivity contribution >= 4 is 5.97 Å². The van der Waals surface area contributed by atoms with Crippen LogP contribution >= 0.6 is 0 Å². The van der Waals surface area contributed by atoms with Gasteiger partial charge < -0.3 is 9.90 Å². The third kappa shape index (κ3) is 8.83. The molecule has 0 amide bonds. The second kappa shape index (κ2) is 5.40. The molecule has 0 bridgehead atoms. The summed E-state index contributed by atoms with van der Waals surface area (Å²) < 4.78 is 10.5. The predicted octanol–water partition coefficient (Wildman–Crippen LogP) is -4.29. The van der Waals surface area contributed by atoms with Crippen LogP contribution in [0.2, 0.25) is 0 Å². The van der Waals surface area contributed by atoms with Gasteiger partial charge in [0.05, 0.1) is 5.97 Å². The number of rotatable bonds is 1. The molecular weight excluding hydrogens is 100.0 g/mol. The Morgan fingerprint density at radius 1 is 1.83 bits per heavy atom. The predicted molar refractivity (Wildman–Crippen MR) is 11.0 cm³/mol. The van der Waals surface area contributed by atoms with Crippen LogP contribution < -0.4 is 34.7 Å². The summed E-state index contributed by atoms with van der Waals surface area (Å²) in [6.45, 7) is -1.39. The van der Waals surface area contributed by atoms with Gasteiger partial charge in [0.2, 0.25) is 0 Å². The first-order valence-electron chi connectivity index (χ1n) is 1.03. The molecule has 0 aliphatic carbocycles. The van der Waals surface area contributed by atoms with E-state index in [-0.39, 0.29) is 29.6 Å². The number of carbonyl (C=O) groups is 1. The van der Waals surface area contributed by atoms with Gasteiger partial charge in [-0.05, 0) is 0 Å². The van der Waals surface area contributed by atoms with Gasteiger partial charge in [-0.15, -0.1) is 0 Å². The zero-order valence-corrected chi connectivity index (χ0v) is 5.40. The molecule has 6 heavy (non-hydrogen) atoms. The first kappa shape index (κ1) is 9.64. The van der Waals surface area contributed by atoms with E-state index >= 15 is 0 Å². The average Bonchev–Trinajstić information content (AvgIpc) is 1.38. The van der Waals surface area contributed by atoms with Crippen LogP contribution in [0.15, 0.2) is 0 Å². The maximum atomic E-state index is 10.5. The second-order valence-electron chi connectivity index (χ2n) is 0.506. The van der Waals surface area contributed by atoms with Crippen LogP contribution in [0.25, 0.3) is 0 Å². The molecule has 0 aromatic heterocycles. The minimum absolute atomic E-state index is 0. The van der Waals surface area contributed by atoms with E-state index in [1.165, 1.54) is 0 Å². The Morgan fingerprint density at radius 2 is 2.00 bits per heavy atom. The fourth-order valence-corrected chi connectivity index (χ4v) is 0. The van der Waals surface area contributed by atoms with Gasteiger partial charge in [0.25, 0.3) is 0 Å². The largest absolute Gasteiger partial charge is 1.00 e. The molecule has 0 saturated carbocycles. The monoisotopic (exact) mass is 102 g/mol. The number of hydrogen-bond donors (Lipinski definition) is 0. The smallest absolute Gasteiger partial charge is 0.547 e. The van der Waals surface area contributed by atoms with Crippen LogP contribution in [0, 0.1) is 0 Å². The first-order chi connectivity index (χ1) is 2.27. The van der Waals surface area contributed by atoms with Gasteiger partial charge in [-0.2, -0.15) is 0 Å². The molecule has 0 heterocycles. The van der Waals surface area contributed by atoms with Crippen molar-refractivity contribution in [3.63, 3.8) is 0 Å². The Morgan fingerprint density at radius 3 is 2.00 bits per heavy atom. The number of alkyl halides is 1. The molecule has 0 N–H and O–H groups in total. The molecule has 0 spiro atoms. The fraction of sp³-hybridized carbons (Fsp3) is 0.500. The topological polar surface area (TPSA) is 40.1 Å². The molecule has 0 saturated heterocycles. The summed E-state index contributed by atoms with van der Waals surface area (Å²) in [6, 6.07) is 0. The van der Waals surface area contributed by atoms with Crippen LogP contribution in [0.1, 0.15) is 0 Å². The number of carboxylic acids is 1. The number of hydrogen-bond acceptors (Lipinski definition) is 2. The minimum Gasteiger partial charge on any atom is -0.547 e. The van der Waals surface area contributed by atoms with E-state index in [2.05, 4.69) is 0 Å². The van der Waals surface area contributed by atoms with Crippen LogP contribution in [0.5, 0.6) is 0 Å². The number of aliphatic carboxylic acids is 1. The van der Waals surface area contributed by atoms with E-state index in [9.17, 15) is 4.39 Å². The molecule has 4 heteroatoms. The van der Waals surface area contributed by atoms with Crippen LogP contribution in [-0.2, 0) is 4.79 Å². The van der Waals surface area contributed by atoms with Crippen LogP contribution in [0.3, 0.4) is 0 Å². The van der Waals surface area contributed by atoms with Gasteiger partial charge in [0, 0.05) is 0 Å². The maximum absolute atomic E-state index is 10.5. The van der Waals surface area contributed by atoms with E-state index < -0.39 is 12.6 Å². The molecule has 0 rings (SSSR count). The van der Waals surface area contributed by atoms with Crippen molar-refractivity contribution in [1.82, 2.24) is 0 Å². The molecule has 0 radical (unpaired) electrons. The van der Waals surface area contributed by atoms with Gasteiger partial charge in [-0.1, -0.05) is 0 Å². The number of carbonyl (C=O) groups excluding carboxylic acids is 1. The Kier molecular flexibility index (Phi) is 8.68. The van der Waals surface area contributed by atoms with Crippen molar-refractivity contribution in [1.29, 1.82) is 0 Å². The zero-order chi connectivity index (χ0) is 4.28. The Labute approximate surface area is 56.6 Å². The summed E-state index contributed by atoms with van der Waals surface area (Å²) in [5, 5.41) is 8.88. The van der Waals surface area contributed by atoms with Gasteiger partial charge in [0.15, 0.2) is 0 Å². The maximum Gasteiger partial charge on any atom is 1.00 e. The van der Waals surface area contributed by atoms with E-state index in [1.807, 2.05) is 0 Å². The van der Waals surface area contributed by atoms with E-state index in [0.717, 1.165) is 0 Å². The van der Waals surface area contributed by atoms with Crippen molar-refractivity contribution < 1.29 is 43.8 Å². The molecule has 0 aromatic rings. The fourth-order valence-electron chi connectivity index (χ4n) is 0. The van der Waals surface area contributed by atoms with Crippen molar-refractivity contribution in [2.45, 2.75) is 0 Å². The summed E-state index contributed by atoms with van der Waals surface area (Å²) in [6.07, 6.45) is 0. The number of halogens is 1. The first-order valence-corrected chi connectivity index (χ1v) is 1.03. The molecule has 0 fully saturated rings. The Hall–Kier alpha value is 0.400. The van der Waals surface area contributed by atoms with E-state index in [4.69, 9.17) is 9.90 Å². The molecular formula is C2H2FNaO2. The van der Waals surface area contributed by atoms with Crippen molar-refractivity contribution in [2.24, 2.45) is 0 Å². The summed E-state index contributed by atoms with van der Waals surface area (Å²) in [5.41, 5.74) is 0. The molecule has 0 atom stereocenters. The number of carboxylic acid groups (broad SMARTS) is 1. The van der Waals surface area contributed by atoms with Crippen molar-refractivity contribution in [2.75, 3.05) is 6.67 Å². The van der Waals surface area contributed by atoms with E-state index in [0.29, 0.717) is 0 Å². The average molecular weight is 102 g/mol. The molecule has 0 aromatic carbocycles. The summed E-state index contributed by atoms with van der Waals surface area (Å²) >= 11 is 0. The Bertz CT molecular complexity index is 46.8. The third-order valence-corrected chi connectivity index (χ3v) is 0.109. The molecule has 0 unspecified atom stereocenters. The van der Waals surface area contributed by atoms with Crippen molar-refractivity contribution in [3.8, 4) is 0 Å². The molecule has 2 nitrogen and oxygen atoms in total. The summed E-state index contributed by atoms with van der Waals surface area (Å²) in [4.78, 5) is 8.88. The van der Waals surface area contributed by atoms with Crippen LogP contribution in [0.4, 0.5) is 4.39 Å². The van der Waals surface area contributed by atoms with E-state index in [1.54, 1.807) is 0 Å². The van der Waals surface area contributed by atoms with Gasteiger partial charge in [-0.25, -0.2) is 4.39 Å². The zero-order valence-electron chi connectivity index (χ0n) is 3.40. The Balaban J connectivity index is 0. The summed E-state index contributed by atoms with van der Waals surface area (Å²) in [7, 11) is 0. The van der Waals surface area contributed by atoms with Gasteiger partial charge >= 0.3 is 29.6 Å². The van der Waals surface area contributed by atoms with Crippen molar-refractivity contribution in [3.05, 3.63) is 0 Å². The van der Waals surface area contributed by atoms with Crippen LogP contribution in [-0.4, -0.2) is 12.6 Å². The molecule has 30 valence electrons. The van der Waals surface area contributed by atoms with Gasteiger partial charge in [0.1, 0.15) is 6.67 Å². The summed E-state index contributed by atoms with van der Waals surface area (Å²) in [5.74, 6) is -1.66. The second-order valence-corrected chi connectivity index (χ2v) is 0.506. The quantitative estimate of drug-likeness (QED) is 0.248. The molecule has 0 aliphatic heterocycles. The standard InChI is InChI=1S/C2H3FO2.Na/c3-1-2(4)5;/h1H2,(H,4,5);/q;+1/p-1/i1+1,2+1;. The third-order valence-electron chi connectivity index (χ3n) is 0.109.